The maximum Gasteiger partial charge on any atom is 0.269 e. The molecule has 2 aromatic carbocycles. The topological polar surface area (TPSA) is 121 Å². The van der Waals surface area contributed by atoms with E-state index in [2.05, 4.69) is 0 Å². The highest BCUT2D eigenvalue weighted by atomic mass is 16.6. The molecule has 1 aliphatic heterocycles. The standard InChI is InChI=1S/C15H8N2O6/c18-13-11-6-1-8(15(20)21)7-12(11)14(19)16(13)9-2-4-10(5-3-9)17(22)23/h1-7H,(H,20,21)/p-1. The second kappa shape index (κ2) is 5.02. The number of carbonyl (C=O) groups excluding carboxylic acids is 3. The van der Waals surface area contributed by atoms with Gasteiger partial charge in [-0.3, -0.25) is 19.7 Å². The first-order valence-electron chi connectivity index (χ1n) is 6.39. The SMILES string of the molecule is O=C([O-])c1ccc2c(c1)C(=O)N(c1ccc([N+](=O)[O-])cc1)C2=O. The van der Waals surface area contributed by atoms with Crippen molar-refractivity contribution in [1.82, 2.24) is 0 Å². The molecular weight excluding hydrogens is 304 g/mol. The third kappa shape index (κ3) is 2.22. The van der Waals surface area contributed by atoms with Crippen LogP contribution in [0.2, 0.25) is 0 Å². The summed E-state index contributed by atoms with van der Waals surface area (Å²) in [6, 6.07) is 8.40. The molecule has 0 unspecified atom stereocenters. The van der Waals surface area contributed by atoms with E-state index >= 15 is 0 Å². The number of aromatic carboxylic acids is 1. The quantitative estimate of drug-likeness (QED) is 0.468. The third-order valence-corrected chi connectivity index (χ3v) is 3.44. The summed E-state index contributed by atoms with van der Waals surface area (Å²) in [6.45, 7) is 0. The molecule has 1 heterocycles. The number of carboxylic acid groups (broad SMARTS) is 1. The lowest BCUT2D eigenvalue weighted by molar-refractivity contribution is -0.384. The number of amides is 2. The van der Waals surface area contributed by atoms with Crippen molar-refractivity contribution in [3.05, 3.63) is 69.3 Å². The molecule has 2 amide bonds. The molecule has 0 spiro atoms. The van der Waals surface area contributed by atoms with E-state index in [1.807, 2.05) is 0 Å². The van der Waals surface area contributed by atoms with Crippen LogP contribution >= 0.6 is 0 Å². The first-order valence-corrected chi connectivity index (χ1v) is 6.39. The number of fused-ring (bicyclic) bond motifs is 1. The van der Waals surface area contributed by atoms with Crippen molar-refractivity contribution < 1.29 is 24.4 Å². The Balaban J connectivity index is 2.02. The fourth-order valence-corrected chi connectivity index (χ4v) is 2.33. The van der Waals surface area contributed by atoms with Crippen molar-refractivity contribution in [2.24, 2.45) is 0 Å². The number of carboxylic acids is 1. The Hall–Kier alpha value is -3.55. The zero-order valence-electron chi connectivity index (χ0n) is 11.4. The van der Waals surface area contributed by atoms with Gasteiger partial charge in [-0.15, -0.1) is 0 Å². The summed E-state index contributed by atoms with van der Waals surface area (Å²) >= 11 is 0. The largest absolute Gasteiger partial charge is 0.545 e. The average molecular weight is 311 g/mol. The van der Waals surface area contributed by atoms with Gasteiger partial charge in [-0.25, -0.2) is 4.90 Å². The summed E-state index contributed by atoms with van der Waals surface area (Å²) in [5.74, 6) is -2.77. The number of nitrogens with zero attached hydrogens (tertiary/aromatic N) is 2. The Bertz CT molecular complexity index is 872. The van der Waals surface area contributed by atoms with Crippen LogP contribution in [-0.4, -0.2) is 22.7 Å². The number of anilines is 1. The first kappa shape index (κ1) is 14.4. The van der Waals surface area contributed by atoms with E-state index in [0.717, 1.165) is 11.0 Å². The number of nitro benzene ring substituents is 1. The van der Waals surface area contributed by atoms with E-state index in [4.69, 9.17) is 0 Å². The summed E-state index contributed by atoms with van der Waals surface area (Å²) in [7, 11) is 0. The number of imide groups is 1. The Morgan fingerprint density at radius 1 is 0.957 bits per heavy atom. The lowest BCUT2D eigenvalue weighted by atomic mass is 10.1. The van der Waals surface area contributed by atoms with Gasteiger partial charge in [0.2, 0.25) is 0 Å². The van der Waals surface area contributed by atoms with E-state index in [0.29, 0.717) is 0 Å². The van der Waals surface area contributed by atoms with Crippen molar-refractivity contribution >= 4 is 29.2 Å². The highest BCUT2D eigenvalue weighted by Crippen LogP contribution is 2.30. The number of hydrogen-bond acceptors (Lipinski definition) is 6. The molecule has 0 aliphatic carbocycles. The summed E-state index contributed by atoms with van der Waals surface area (Å²) in [6.07, 6.45) is 0. The third-order valence-electron chi connectivity index (χ3n) is 3.44. The van der Waals surface area contributed by atoms with Crippen LogP contribution in [0.4, 0.5) is 11.4 Å². The molecule has 0 atom stereocenters. The fourth-order valence-electron chi connectivity index (χ4n) is 2.33. The molecule has 0 bridgehead atoms. The van der Waals surface area contributed by atoms with Gasteiger partial charge in [0.15, 0.2) is 0 Å². The van der Waals surface area contributed by atoms with Gasteiger partial charge in [0.05, 0.1) is 27.7 Å². The van der Waals surface area contributed by atoms with Crippen molar-refractivity contribution in [1.29, 1.82) is 0 Å². The van der Waals surface area contributed by atoms with E-state index in [-0.39, 0.29) is 28.1 Å². The number of nitro groups is 1. The van der Waals surface area contributed by atoms with Gasteiger partial charge in [-0.1, -0.05) is 6.07 Å². The smallest absolute Gasteiger partial charge is 0.269 e. The van der Waals surface area contributed by atoms with Crippen LogP contribution < -0.4 is 10.0 Å². The monoisotopic (exact) mass is 311 g/mol. The minimum Gasteiger partial charge on any atom is -0.545 e. The van der Waals surface area contributed by atoms with Crippen LogP contribution in [0, 0.1) is 10.1 Å². The average Bonchev–Trinajstić information content (AvgIpc) is 2.78. The maximum absolute atomic E-state index is 12.4. The zero-order chi connectivity index (χ0) is 16.7. The second-order valence-electron chi connectivity index (χ2n) is 4.77. The lowest BCUT2D eigenvalue weighted by Gasteiger charge is -2.13. The molecule has 114 valence electrons. The molecule has 0 aromatic heterocycles. The van der Waals surface area contributed by atoms with Crippen LogP contribution in [0.15, 0.2) is 42.5 Å². The summed E-state index contributed by atoms with van der Waals surface area (Å²) < 4.78 is 0. The number of non-ortho nitro benzene ring substituents is 1. The van der Waals surface area contributed by atoms with Crippen molar-refractivity contribution in [2.75, 3.05) is 4.90 Å². The van der Waals surface area contributed by atoms with Gasteiger partial charge in [-0.05, 0) is 29.8 Å². The van der Waals surface area contributed by atoms with Crippen molar-refractivity contribution in [3.63, 3.8) is 0 Å². The van der Waals surface area contributed by atoms with Gasteiger partial charge in [0, 0.05) is 12.1 Å². The molecule has 0 fully saturated rings. The fraction of sp³-hybridized carbons (Fsp3) is 0. The van der Waals surface area contributed by atoms with E-state index < -0.39 is 22.7 Å². The lowest BCUT2D eigenvalue weighted by Crippen LogP contribution is -2.29. The Kier molecular flexibility index (Phi) is 3.14. The van der Waals surface area contributed by atoms with Gasteiger partial charge in [0.25, 0.3) is 17.5 Å². The second-order valence-corrected chi connectivity index (χ2v) is 4.77. The Labute approximate surface area is 128 Å². The van der Waals surface area contributed by atoms with Gasteiger partial charge >= 0.3 is 0 Å². The molecule has 2 aromatic rings. The molecule has 1 aliphatic rings. The molecule has 3 rings (SSSR count). The van der Waals surface area contributed by atoms with Gasteiger partial charge in [0.1, 0.15) is 0 Å². The Morgan fingerprint density at radius 2 is 1.57 bits per heavy atom. The molecule has 0 radical (unpaired) electrons. The van der Waals surface area contributed by atoms with E-state index in [1.165, 1.54) is 36.4 Å². The molecule has 0 N–H and O–H groups in total. The highest BCUT2D eigenvalue weighted by molar-refractivity contribution is 6.34. The van der Waals surface area contributed by atoms with Gasteiger partial charge < -0.3 is 9.90 Å². The Morgan fingerprint density at radius 3 is 2.13 bits per heavy atom. The van der Waals surface area contributed by atoms with Crippen LogP contribution in [-0.2, 0) is 0 Å². The minimum absolute atomic E-state index is 0.0462. The van der Waals surface area contributed by atoms with E-state index in [1.54, 1.807) is 0 Å². The molecule has 23 heavy (non-hydrogen) atoms. The first-order chi connectivity index (χ1) is 10.9. The van der Waals surface area contributed by atoms with Crippen LogP contribution in [0.5, 0.6) is 0 Å². The van der Waals surface area contributed by atoms with Gasteiger partial charge in [-0.2, -0.15) is 0 Å². The molecular formula is C15H7N2O6-. The number of benzene rings is 2. The number of carbonyl (C=O) groups is 3. The summed E-state index contributed by atoms with van der Waals surface area (Å²) in [4.78, 5) is 46.4. The zero-order valence-corrected chi connectivity index (χ0v) is 11.4. The van der Waals surface area contributed by atoms with Crippen molar-refractivity contribution in [3.8, 4) is 0 Å². The normalized spacial score (nSPS) is 13.1. The van der Waals surface area contributed by atoms with Crippen LogP contribution in [0.1, 0.15) is 31.1 Å². The summed E-state index contributed by atoms with van der Waals surface area (Å²) in [5.41, 5.74) is -0.203. The van der Waals surface area contributed by atoms with Crippen LogP contribution in [0.25, 0.3) is 0 Å². The summed E-state index contributed by atoms with van der Waals surface area (Å²) in [5, 5.41) is 21.5. The molecule has 0 saturated heterocycles. The predicted octanol–water partition coefficient (Wildman–Crippen LogP) is 0.759. The molecule has 0 saturated carbocycles. The van der Waals surface area contributed by atoms with Crippen molar-refractivity contribution in [2.45, 2.75) is 0 Å². The highest BCUT2D eigenvalue weighted by Gasteiger charge is 2.36. The van der Waals surface area contributed by atoms with Crippen LogP contribution in [0.3, 0.4) is 0 Å². The minimum atomic E-state index is -1.46. The predicted molar refractivity (Wildman–Crippen MR) is 75.0 cm³/mol. The number of rotatable bonds is 3. The molecule has 8 heteroatoms. The molecule has 8 nitrogen and oxygen atoms in total. The maximum atomic E-state index is 12.4. The van der Waals surface area contributed by atoms with E-state index in [9.17, 15) is 29.6 Å². The number of hydrogen-bond donors (Lipinski definition) is 0.